The van der Waals surface area contributed by atoms with Gasteiger partial charge in [0.1, 0.15) is 5.52 Å². The van der Waals surface area contributed by atoms with Crippen molar-refractivity contribution in [3.8, 4) is 0 Å². The Bertz CT molecular complexity index is 836. The molecule has 0 bridgehead atoms. The first-order valence-corrected chi connectivity index (χ1v) is 8.09. The maximum absolute atomic E-state index is 5.94. The zero-order valence-electron chi connectivity index (χ0n) is 13.6. The van der Waals surface area contributed by atoms with Crippen molar-refractivity contribution in [2.45, 2.75) is 45.6 Å². The Morgan fingerprint density at radius 2 is 2.13 bits per heavy atom. The second-order valence-electron chi connectivity index (χ2n) is 6.46. The molecule has 4 rings (SSSR count). The minimum absolute atomic E-state index is 0.0698. The molecule has 1 aliphatic heterocycles. The van der Waals surface area contributed by atoms with Crippen LogP contribution in [0.3, 0.4) is 0 Å². The van der Waals surface area contributed by atoms with E-state index in [2.05, 4.69) is 26.9 Å². The van der Waals surface area contributed by atoms with Crippen molar-refractivity contribution in [3.05, 3.63) is 35.5 Å². The quantitative estimate of drug-likeness (QED) is 0.728. The highest BCUT2D eigenvalue weighted by Crippen LogP contribution is 2.36. The van der Waals surface area contributed by atoms with Gasteiger partial charge < -0.3 is 13.8 Å². The van der Waals surface area contributed by atoms with Gasteiger partial charge in [-0.25, -0.2) is 0 Å². The van der Waals surface area contributed by atoms with Gasteiger partial charge in [-0.15, -0.1) is 0 Å². The molecule has 6 heteroatoms. The minimum atomic E-state index is 0.0698. The van der Waals surface area contributed by atoms with Crippen molar-refractivity contribution in [3.63, 3.8) is 0 Å². The number of oxazole rings is 1. The summed E-state index contributed by atoms with van der Waals surface area (Å²) in [6, 6.07) is 6.76. The summed E-state index contributed by atoms with van der Waals surface area (Å²) in [5.74, 6) is 1.64. The van der Waals surface area contributed by atoms with E-state index in [4.69, 9.17) is 8.94 Å². The fraction of sp³-hybridized carbons (Fsp3) is 0.471. The summed E-state index contributed by atoms with van der Waals surface area (Å²) >= 11 is 0. The molecule has 2 aromatic heterocycles. The average molecular weight is 312 g/mol. The summed E-state index contributed by atoms with van der Waals surface area (Å²) in [5.41, 5.74) is 2.88. The van der Waals surface area contributed by atoms with Crippen LogP contribution in [-0.4, -0.2) is 21.7 Å². The Balaban J connectivity index is 1.68. The SMILES string of the molecule is Cc1ccc2oc(N3CCC[C@@H]3c3noc(C(C)C)n3)nc2c1. The Hall–Kier alpha value is -2.37. The third-order valence-corrected chi connectivity index (χ3v) is 4.28. The van der Waals surface area contributed by atoms with Crippen LogP contribution in [0.5, 0.6) is 0 Å². The van der Waals surface area contributed by atoms with Crippen LogP contribution >= 0.6 is 0 Å². The second kappa shape index (κ2) is 5.37. The summed E-state index contributed by atoms with van der Waals surface area (Å²) in [5, 5.41) is 4.17. The molecule has 0 saturated carbocycles. The molecular formula is C17H20N4O2. The summed E-state index contributed by atoms with van der Waals surface area (Å²) in [4.78, 5) is 11.3. The minimum Gasteiger partial charge on any atom is -0.423 e. The number of nitrogens with zero attached hydrogens (tertiary/aromatic N) is 4. The Labute approximate surface area is 134 Å². The first-order chi connectivity index (χ1) is 11.1. The largest absolute Gasteiger partial charge is 0.423 e. The van der Waals surface area contributed by atoms with Crippen molar-refractivity contribution in [2.75, 3.05) is 11.4 Å². The Morgan fingerprint density at radius 3 is 2.91 bits per heavy atom. The number of rotatable bonds is 3. The molecule has 0 N–H and O–H groups in total. The van der Waals surface area contributed by atoms with Gasteiger partial charge in [0.15, 0.2) is 11.4 Å². The molecule has 0 radical (unpaired) electrons. The molecule has 1 saturated heterocycles. The van der Waals surface area contributed by atoms with E-state index >= 15 is 0 Å². The number of hydrogen-bond donors (Lipinski definition) is 0. The van der Waals surface area contributed by atoms with Gasteiger partial charge in [0, 0.05) is 12.5 Å². The first kappa shape index (κ1) is 14.2. The molecule has 0 aliphatic carbocycles. The fourth-order valence-corrected chi connectivity index (χ4v) is 3.03. The lowest BCUT2D eigenvalue weighted by Crippen LogP contribution is -2.23. The highest BCUT2D eigenvalue weighted by molar-refractivity contribution is 5.75. The molecule has 120 valence electrons. The lowest BCUT2D eigenvalue weighted by Gasteiger charge is -2.19. The highest BCUT2D eigenvalue weighted by Gasteiger charge is 2.33. The van der Waals surface area contributed by atoms with E-state index in [0.29, 0.717) is 11.9 Å². The monoisotopic (exact) mass is 312 g/mol. The van der Waals surface area contributed by atoms with Crippen LogP contribution in [0.25, 0.3) is 11.1 Å². The van der Waals surface area contributed by atoms with E-state index in [1.165, 1.54) is 5.56 Å². The van der Waals surface area contributed by atoms with E-state index in [-0.39, 0.29) is 12.0 Å². The molecule has 23 heavy (non-hydrogen) atoms. The zero-order valence-corrected chi connectivity index (χ0v) is 13.6. The predicted molar refractivity (Wildman–Crippen MR) is 86.5 cm³/mol. The topological polar surface area (TPSA) is 68.2 Å². The van der Waals surface area contributed by atoms with Gasteiger partial charge in [-0.3, -0.25) is 0 Å². The van der Waals surface area contributed by atoms with Crippen molar-refractivity contribution in [2.24, 2.45) is 0 Å². The lowest BCUT2D eigenvalue weighted by molar-refractivity contribution is 0.357. The highest BCUT2D eigenvalue weighted by atomic mass is 16.5. The van der Waals surface area contributed by atoms with E-state index in [9.17, 15) is 0 Å². The molecule has 0 amide bonds. The summed E-state index contributed by atoms with van der Waals surface area (Å²) in [7, 11) is 0. The third kappa shape index (κ3) is 2.48. The first-order valence-electron chi connectivity index (χ1n) is 8.09. The van der Waals surface area contributed by atoms with Crippen LogP contribution in [0.4, 0.5) is 6.01 Å². The standard InChI is InChI=1S/C17H20N4O2/c1-10(2)16-19-15(20-23-16)13-5-4-8-21(13)17-18-12-9-11(3)6-7-14(12)22-17/h6-7,9-10,13H,4-5,8H2,1-3H3/t13-/m1/s1. The molecule has 0 unspecified atom stereocenters. The molecule has 0 spiro atoms. The van der Waals surface area contributed by atoms with Gasteiger partial charge in [-0.2, -0.15) is 9.97 Å². The molecule has 1 aromatic carbocycles. The van der Waals surface area contributed by atoms with Crippen molar-refractivity contribution >= 4 is 17.1 Å². The van der Waals surface area contributed by atoms with Gasteiger partial charge >= 0.3 is 0 Å². The van der Waals surface area contributed by atoms with Crippen molar-refractivity contribution in [1.82, 2.24) is 15.1 Å². The smallest absolute Gasteiger partial charge is 0.299 e. The van der Waals surface area contributed by atoms with Gasteiger partial charge in [0.25, 0.3) is 6.01 Å². The molecular weight excluding hydrogens is 292 g/mol. The van der Waals surface area contributed by atoms with E-state index < -0.39 is 0 Å². The van der Waals surface area contributed by atoms with Crippen LogP contribution in [-0.2, 0) is 0 Å². The Morgan fingerprint density at radius 1 is 1.26 bits per heavy atom. The molecule has 1 aliphatic rings. The maximum Gasteiger partial charge on any atom is 0.299 e. The van der Waals surface area contributed by atoms with Crippen molar-refractivity contribution < 1.29 is 8.94 Å². The summed E-state index contributed by atoms with van der Waals surface area (Å²) in [6.45, 7) is 7.04. The van der Waals surface area contributed by atoms with Gasteiger partial charge in [-0.05, 0) is 37.5 Å². The van der Waals surface area contributed by atoms with Crippen LogP contribution < -0.4 is 4.90 Å². The maximum atomic E-state index is 5.94. The van der Waals surface area contributed by atoms with Crippen LogP contribution in [0.1, 0.15) is 55.9 Å². The summed E-state index contributed by atoms with van der Waals surface area (Å²) in [6.07, 6.45) is 2.04. The number of benzene rings is 1. The molecule has 3 aromatic rings. The van der Waals surface area contributed by atoms with Gasteiger partial charge in [-0.1, -0.05) is 25.1 Å². The average Bonchev–Trinajstić information content (AvgIpc) is 3.24. The number of anilines is 1. The number of fused-ring (bicyclic) bond motifs is 1. The molecule has 3 heterocycles. The summed E-state index contributed by atoms with van der Waals surface area (Å²) < 4.78 is 11.3. The van der Waals surface area contributed by atoms with Crippen LogP contribution in [0.2, 0.25) is 0 Å². The molecule has 1 atom stereocenters. The Kier molecular flexibility index (Phi) is 3.32. The van der Waals surface area contributed by atoms with E-state index in [1.807, 2.05) is 32.0 Å². The van der Waals surface area contributed by atoms with Crippen LogP contribution in [0.15, 0.2) is 27.1 Å². The second-order valence-corrected chi connectivity index (χ2v) is 6.46. The lowest BCUT2D eigenvalue weighted by atomic mass is 10.2. The predicted octanol–water partition coefficient (Wildman–Crippen LogP) is 3.98. The van der Waals surface area contributed by atoms with Gasteiger partial charge in [0.05, 0.1) is 6.04 Å². The fourth-order valence-electron chi connectivity index (χ4n) is 3.03. The van der Waals surface area contributed by atoms with Gasteiger partial charge in [0.2, 0.25) is 5.89 Å². The van der Waals surface area contributed by atoms with E-state index in [1.54, 1.807) is 0 Å². The van der Waals surface area contributed by atoms with Crippen molar-refractivity contribution in [1.29, 1.82) is 0 Å². The molecule has 1 fully saturated rings. The number of hydrogen-bond acceptors (Lipinski definition) is 6. The number of aromatic nitrogens is 3. The third-order valence-electron chi connectivity index (χ3n) is 4.28. The van der Waals surface area contributed by atoms with Crippen LogP contribution in [0, 0.1) is 6.92 Å². The molecule has 6 nitrogen and oxygen atoms in total. The van der Waals surface area contributed by atoms with E-state index in [0.717, 1.165) is 36.3 Å². The normalized spacial score (nSPS) is 18.4. The zero-order chi connectivity index (χ0) is 16.0. The number of aryl methyl sites for hydroxylation is 1.